The van der Waals surface area contributed by atoms with Gasteiger partial charge in [-0.05, 0) is 26.2 Å². The van der Waals surface area contributed by atoms with Gasteiger partial charge in [0.25, 0.3) is 0 Å². The summed E-state index contributed by atoms with van der Waals surface area (Å²) in [5.74, 6) is -1.01. The van der Waals surface area contributed by atoms with Crippen LogP contribution in [0.3, 0.4) is 0 Å². The predicted octanol–water partition coefficient (Wildman–Crippen LogP) is 0.716. The van der Waals surface area contributed by atoms with Gasteiger partial charge in [-0.1, -0.05) is 6.92 Å². The van der Waals surface area contributed by atoms with Gasteiger partial charge in [-0.2, -0.15) is 0 Å². The maximum atomic E-state index is 11.6. The summed E-state index contributed by atoms with van der Waals surface area (Å²) in [5.41, 5.74) is 0. The van der Waals surface area contributed by atoms with Crippen LogP contribution in [-0.2, 0) is 9.53 Å². The lowest BCUT2D eigenvalue weighted by molar-refractivity contribution is -0.139. The van der Waals surface area contributed by atoms with E-state index in [1.807, 2.05) is 6.92 Å². The number of amides is 2. The number of nitrogens with one attached hydrogen (secondary N) is 2. The van der Waals surface area contributed by atoms with E-state index >= 15 is 0 Å². The van der Waals surface area contributed by atoms with Crippen LogP contribution in [0.5, 0.6) is 0 Å². The van der Waals surface area contributed by atoms with Gasteiger partial charge in [-0.25, -0.2) is 9.59 Å². The number of carbonyl (C=O) groups is 2. The zero-order valence-corrected chi connectivity index (χ0v) is 10.2. The van der Waals surface area contributed by atoms with Crippen LogP contribution in [0, 0.1) is 0 Å². The van der Waals surface area contributed by atoms with E-state index in [0.29, 0.717) is 13.0 Å². The van der Waals surface area contributed by atoms with Crippen molar-refractivity contribution in [2.45, 2.75) is 51.3 Å². The highest BCUT2D eigenvalue weighted by Crippen LogP contribution is 2.12. The third kappa shape index (κ3) is 4.60. The minimum Gasteiger partial charge on any atom is -0.480 e. The summed E-state index contributed by atoms with van der Waals surface area (Å²) in [6, 6.07) is -1.18. The second-order valence-corrected chi connectivity index (χ2v) is 4.32. The summed E-state index contributed by atoms with van der Waals surface area (Å²) in [5, 5.41) is 14.0. The number of hydrogen-bond donors (Lipinski definition) is 3. The standard InChI is InChI=1S/C11H20N2O4/c1-3-9(10(14)15)13-11(16)12-8-4-5-17-7(2)6-8/h7-9H,3-6H2,1-2H3,(H,14,15)(H2,12,13,16). The van der Waals surface area contributed by atoms with Crippen LogP contribution >= 0.6 is 0 Å². The Morgan fingerprint density at radius 2 is 2.24 bits per heavy atom. The zero-order chi connectivity index (χ0) is 12.8. The molecule has 3 unspecified atom stereocenters. The minimum atomic E-state index is -1.01. The van der Waals surface area contributed by atoms with Gasteiger partial charge in [0, 0.05) is 12.6 Å². The van der Waals surface area contributed by atoms with Crippen molar-refractivity contribution in [3.63, 3.8) is 0 Å². The van der Waals surface area contributed by atoms with Gasteiger partial charge in [0.15, 0.2) is 0 Å². The fourth-order valence-corrected chi connectivity index (χ4v) is 1.85. The Hall–Kier alpha value is -1.30. The number of aliphatic carboxylic acids is 1. The Morgan fingerprint density at radius 3 is 2.76 bits per heavy atom. The lowest BCUT2D eigenvalue weighted by atomic mass is 10.0. The van der Waals surface area contributed by atoms with Crippen LogP contribution in [0.2, 0.25) is 0 Å². The minimum absolute atomic E-state index is 0.0602. The Labute approximate surface area is 101 Å². The van der Waals surface area contributed by atoms with Crippen molar-refractivity contribution in [3.05, 3.63) is 0 Å². The van der Waals surface area contributed by atoms with Gasteiger partial charge < -0.3 is 20.5 Å². The number of carbonyl (C=O) groups excluding carboxylic acids is 1. The summed E-state index contributed by atoms with van der Waals surface area (Å²) in [6.45, 7) is 4.30. The predicted molar refractivity (Wildman–Crippen MR) is 61.8 cm³/mol. The van der Waals surface area contributed by atoms with Crippen molar-refractivity contribution in [2.24, 2.45) is 0 Å². The molecule has 0 radical (unpaired) electrons. The molecule has 1 aliphatic rings. The Morgan fingerprint density at radius 1 is 1.53 bits per heavy atom. The molecule has 98 valence electrons. The van der Waals surface area contributed by atoms with E-state index in [0.717, 1.165) is 12.8 Å². The average molecular weight is 244 g/mol. The van der Waals surface area contributed by atoms with E-state index in [1.165, 1.54) is 0 Å². The highest BCUT2D eigenvalue weighted by molar-refractivity contribution is 5.82. The topological polar surface area (TPSA) is 87.7 Å². The largest absolute Gasteiger partial charge is 0.480 e. The monoisotopic (exact) mass is 244 g/mol. The molecule has 0 saturated carbocycles. The average Bonchev–Trinajstić information content (AvgIpc) is 2.25. The van der Waals surface area contributed by atoms with Gasteiger partial charge >= 0.3 is 12.0 Å². The third-order valence-electron chi connectivity index (χ3n) is 2.83. The summed E-state index contributed by atoms with van der Waals surface area (Å²) < 4.78 is 5.36. The second kappa shape index (κ2) is 6.44. The Balaban J connectivity index is 2.35. The van der Waals surface area contributed by atoms with E-state index < -0.39 is 18.0 Å². The van der Waals surface area contributed by atoms with Crippen molar-refractivity contribution < 1.29 is 19.4 Å². The first-order chi connectivity index (χ1) is 8.02. The van der Waals surface area contributed by atoms with Crippen LogP contribution in [0.25, 0.3) is 0 Å². The number of rotatable bonds is 4. The van der Waals surface area contributed by atoms with Gasteiger partial charge in [0.05, 0.1) is 6.10 Å². The van der Waals surface area contributed by atoms with Crippen LogP contribution in [-0.4, -0.2) is 41.9 Å². The molecule has 1 heterocycles. The number of ether oxygens (including phenoxy) is 1. The molecule has 17 heavy (non-hydrogen) atoms. The molecule has 6 heteroatoms. The molecule has 0 aromatic carbocycles. The molecule has 1 saturated heterocycles. The lowest BCUT2D eigenvalue weighted by Gasteiger charge is -2.28. The quantitative estimate of drug-likeness (QED) is 0.680. The first-order valence-electron chi connectivity index (χ1n) is 5.94. The molecule has 1 fully saturated rings. The van der Waals surface area contributed by atoms with E-state index in [2.05, 4.69) is 10.6 Å². The smallest absolute Gasteiger partial charge is 0.326 e. The molecule has 0 bridgehead atoms. The number of carboxylic acids is 1. The van der Waals surface area contributed by atoms with Gasteiger partial charge in [-0.3, -0.25) is 0 Å². The molecule has 0 aromatic heterocycles. The molecule has 0 aliphatic carbocycles. The number of carboxylic acid groups (broad SMARTS) is 1. The zero-order valence-electron chi connectivity index (χ0n) is 10.2. The van der Waals surface area contributed by atoms with E-state index in [9.17, 15) is 9.59 Å². The normalized spacial score (nSPS) is 26.0. The number of urea groups is 1. The SMILES string of the molecule is CCC(NC(=O)NC1CCOC(C)C1)C(=O)O. The number of hydrogen-bond acceptors (Lipinski definition) is 3. The Kier molecular flexibility index (Phi) is 5.21. The van der Waals surface area contributed by atoms with Crippen molar-refractivity contribution in [2.75, 3.05) is 6.61 Å². The summed E-state index contributed by atoms with van der Waals surface area (Å²) in [7, 11) is 0. The van der Waals surface area contributed by atoms with Gasteiger partial charge in [-0.15, -0.1) is 0 Å². The second-order valence-electron chi connectivity index (χ2n) is 4.32. The molecular weight excluding hydrogens is 224 g/mol. The highest BCUT2D eigenvalue weighted by Gasteiger charge is 2.23. The van der Waals surface area contributed by atoms with Crippen molar-refractivity contribution in [3.8, 4) is 0 Å². The highest BCUT2D eigenvalue weighted by atomic mass is 16.5. The van der Waals surface area contributed by atoms with Gasteiger partial charge in [0.2, 0.25) is 0 Å². The van der Waals surface area contributed by atoms with Crippen molar-refractivity contribution in [1.82, 2.24) is 10.6 Å². The fourth-order valence-electron chi connectivity index (χ4n) is 1.85. The van der Waals surface area contributed by atoms with Crippen molar-refractivity contribution >= 4 is 12.0 Å². The maximum Gasteiger partial charge on any atom is 0.326 e. The molecular formula is C11H20N2O4. The molecule has 0 spiro atoms. The third-order valence-corrected chi connectivity index (χ3v) is 2.83. The summed E-state index contributed by atoms with van der Waals surface area (Å²) >= 11 is 0. The molecule has 6 nitrogen and oxygen atoms in total. The summed E-state index contributed by atoms with van der Waals surface area (Å²) in [6.07, 6.45) is 2.03. The maximum absolute atomic E-state index is 11.6. The van der Waals surface area contributed by atoms with E-state index in [4.69, 9.17) is 9.84 Å². The van der Waals surface area contributed by atoms with E-state index in [1.54, 1.807) is 6.92 Å². The molecule has 3 atom stereocenters. The Bertz CT molecular complexity index is 283. The van der Waals surface area contributed by atoms with Crippen LogP contribution < -0.4 is 10.6 Å². The molecule has 1 rings (SSSR count). The molecule has 3 N–H and O–H groups in total. The van der Waals surface area contributed by atoms with Gasteiger partial charge in [0.1, 0.15) is 6.04 Å². The first kappa shape index (κ1) is 13.8. The lowest BCUT2D eigenvalue weighted by Crippen LogP contribution is -2.50. The van der Waals surface area contributed by atoms with E-state index in [-0.39, 0.29) is 12.1 Å². The first-order valence-corrected chi connectivity index (χ1v) is 5.94. The fraction of sp³-hybridized carbons (Fsp3) is 0.818. The summed E-state index contributed by atoms with van der Waals surface area (Å²) in [4.78, 5) is 22.3. The molecule has 0 aromatic rings. The van der Waals surface area contributed by atoms with Crippen molar-refractivity contribution in [1.29, 1.82) is 0 Å². The van der Waals surface area contributed by atoms with Crippen LogP contribution in [0.15, 0.2) is 0 Å². The molecule has 1 aliphatic heterocycles. The van der Waals surface area contributed by atoms with Crippen LogP contribution in [0.1, 0.15) is 33.1 Å². The van der Waals surface area contributed by atoms with Crippen LogP contribution in [0.4, 0.5) is 4.79 Å². The molecule has 2 amide bonds.